The van der Waals surface area contributed by atoms with Crippen molar-refractivity contribution in [2.75, 3.05) is 6.61 Å². The van der Waals surface area contributed by atoms with Gasteiger partial charge in [-0.25, -0.2) is 0 Å². The Morgan fingerprint density at radius 2 is 1.17 bits per heavy atom. The molecule has 6 nitrogen and oxygen atoms in total. The maximum absolute atomic E-state index is 11.6. The van der Waals surface area contributed by atoms with Crippen LogP contribution in [0.25, 0.3) is 0 Å². The molecule has 2 aliphatic rings. The SMILES string of the molecule is CC1(C)O[C@H]2[C@@H](O1)[C@@H](OCc1ccccc1)O[C@@H]2[C@H](O)COC(c1ccccc1)(c1ccccc1)c1ccccc1. The summed E-state index contributed by atoms with van der Waals surface area (Å²) in [5, 5.41) is 11.6. The van der Waals surface area contributed by atoms with E-state index in [4.69, 9.17) is 23.7 Å². The third kappa shape index (κ3) is 5.72. The van der Waals surface area contributed by atoms with Gasteiger partial charge in [-0.3, -0.25) is 0 Å². The van der Waals surface area contributed by atoms with Crippen molar-refractivity contribution in [1.82, 2.24) is 0 Å². The van der Waals surface area contributed by atoms with Gasteiger partial charge >= 0.3 is 0 Å². The zero-order chi connectivity index (χ0) is 28.3. The van der Waals surface area contributed by atoms with E-state index < -0.39 is 42.1 Å². The molecule has 2 saturated heterocycles. The second-order valence-corrected chi connectivity index (χ2v) is 11.0. The van der Waals surface area contributed by atoms with Gasteiger partial charge in [0.1, 0.15) is 30.0 Å². The molecule has 6 rings (SSSR count). The average molecular weight is 553 g/mol. The highest BCUT2D eigenvalue weighted by molar-refractivity contribution is 5.47. The van der Waals surface area contributed by atoms with Gasteiger partial charge in [-0.15, -0.1) is 0 Å². The fourth-order valence-electron chi connectivity index (χ4n) is 5.86. The van der Waals surface area contributed by atoms with Crippen molar-refractivity contribution in [3.63, 3.8) is 0 Å². The largest absolute Gasteiger partial charge is 0.388 e. The van der Waals surface area contributed by atoms with Crippen molar-refractivity contribution in [2.24, 2.45) is 0 Å². The molecule has 41 heavy (non-hydrogen) atoms. The molecule has 4 aromatic carbocycles. The van der Waals surface area contributed by atoms with Gasteiger partial charge in [0.25, 0.3) is 0 Å². The van der Waals surface area contributed by atoms with Gasteiger partial charge in [-0.05, 0) is 36.1 Å². The summed E-state index contributed by atoms with van der Waals surface area (Å²) in [6.45, 7) is 4.08. The van der Waals surface area contributed by atoms with Crippen molar-refractivity contribution in [2.45, 2.75) is 62.5 Å². The summed E-state index contributed by atoms with van der Waals surface area (Å²) in [4.78, 5) is 0. The van der Waals surface area contributed by atoms with E-state index in [2.05, 4.69) is 36.4 Å². The number of aliphatic hydroxyl groups excluding tert-OH is 1. The Morgan fingerprint density at radius 1 is 0.707 bits per heavy atom. The Bertz CT molecular complexity index is 1280. The fraction of sp³-hybridized carbons (Fsp3) is 0.314. The zero-order valence-electron chi connectivity index (χ0n) is 23.3. The number of aliphatic hydroxyl groups is 1. The Balaban J connectivity index is 1.28. The Kier molecular flexibility index (Phi) is 8.04. The highest BCUT2D eigenvalue weighted by Gasteiger charge is 2.58. The molecule has 2 fully saturated rings. The summed E-state index contributed by atoms with van der Waals surface area (Å²) < 4.78 is 31.7. The van der Waals surface area contributed by atoms with Gasteiger partial charge < -0.3 is 28.8 Å². The van der Waals surface area contributed by atoms with Crippen LogP contribution in [0.3, 0.4) is 0 Å². The van der Waals surface area contributed by atoms with Crippen molar-refractivity contribution < 1.29 is 28.8 Å². The molecule has 0 amide bonds. The summed E-state index contributed by atoms with van der Waals surface area (Å²) in [5.74, 6) is -0.825. The summed E-state index contributed by atoms with van der Waals surface area (Å²) in [7, 11) is 0. The molecule has 1 N–H and O–H groups in total. The third-order valence-corrected chi connectivity index (χ3v) is 7.69. The number of fused-ring (bicyclic) bond motifs is 1. The predicted octanol–water partition coefficient (Wildman–Crippen LogP) is 5.82. The zero-order valence-corrected chi connectivity index (χ0v) is 23.3. The monoisotopic (exact) mass is 552 g/mol. The number of rotatable bonds is 10. The van der Waals surface area contributed by atoms with Crippen LogP contribution in [0.4, 0.5) is 0 Å². The lowest BCUT2D eigenvalue weighted by Gasteiger charge is -2.37. The highest BCUT2D eigenvalue weighted by atomic mass is 16.8. The van der Waals surface area contributed by atoms with E-state index >= 15 is 0 Å². The predicted molar refractivity (Wildman–Crippen MR) is 155 cm³/mol. The van der Waals surface area contributed by atoms with Crippen LogP contribution in [0.1, 0.15) is 36.1 Å². The van der Waals surface area contributed by atoms with E-state index in [0.717, 1.165) is 22.3 Å². The first-order valence-corrected chi connectivity index (χ1v) is 14.1. The minimum atomic E-state index is -1.01. The number of ether oxygens (including phenoxy) is 5. The summed E-state index contributed by atoms with van der Waals surface area (Å²) in [5.41, 5.74) is 2.94. The van der Waals surface area contributed by atoms with Gasteiger partial charge in [0.15, 0.2) is 12.1 Å². The van der Waals surface area contributed by atoms with Crippen molar-refractivity contribution >= 4 is 0 Å². The van der Waals surface area contributed by atoms with Gasteiger partial charge in [-0.2, -0.15) is 0 Å². The van der Waals surface area contributed by atoms with Crippen LogP contribution in [0, 0.1) is 0 Å². The Hall–Kier alpha value is -3.36. The molecular weight excluding hydrogens is 516 g/mol. The third-order valence-electron chi connectivity index (χ3n) is 7.69. The molecule has 212 valence electrons. The van der Waals surface area contributed by atoms with Crippen LogP contribution in [-0.4, -0.2) is 48.2 Å². The first-order chi connectivity index (χ1) is 20.0. The number of hydrogen-bond acceptors (Lipinski definition) is 6. The van der Waals surface area contributed by atoms with Gasteiger partial charge in [0.2, 0.25) is 0 Å². The number of benzene rings is 4. The lowest BCUT2D eigenvalue weighted by Crippen LogP contribution is -2.44. The van der Waals surface area contributed by atoms with Crippen LogP contribution in [-0.2, 0) is 35.9 Å². The maximum Gasteiger partial charge on any atom is 0.187 e. The minimum Gasteiger partial charge on any atom is -0.388 e. The average Bonchev–Trinajstić information content (AvgIpc) is 3.51. The molecule has 0 unspecified atom stereocenters. The summed E-state index contributed by atoms with van der Waals surface area (Å²) in [6, 6.07) is 40.2. The second kappa shape index (κ2) is 11.9. The lowest BCUT2D eigenvalue weighted by molar-refractivity contribution is -0.249. The first-order valence-electron chi connectivity index (χ1n) is 14.1. The Morgan fingerprint density at radius 3 is 1.68 bits per heavy atom. The summed E-state index contributed by atoms with van der Waals surface area (Å²) >= 11 is 0. The lowest BCUT2D eigenvalue weighted by atomic mass is 9.80. The van der Waals surface area contributed by atoms with E-state index in [9.17, 15) is 5.11 Å². The normalized spacial score (nSPS) is 24.2. The first kappa shape index (κ1) is 27.8. The topological polar surface area (TPSA) is 66.4 Å². The molecule has 0 radical (unpaired) electrons. The van der Waals surface area contributed by atoms with Crippen LogP contribution >= 0.6 is 0 Å². The fourth-order valence-corrected chi connectivity index (χ4v) is 5.86. The molecule has 4 aromatic rings. The molecule has 2 heterocycles. The van der Waals surface area contributed by atoms with Crippen molar-refractivity contribution in [3.8, 4) is 0 Å². The number of hydrogen-bond donors (Lipinski definition) is 1. The Labute approximate surface area is 241 Å². The molecule has 0 aliphatic carbocycles. The van der Waals surface area contributed by atoms with Gasteiger partial charge in [0.05, 0.1) is 13.2 Å². The quantitative estimate of drug-likeness (QED) is 0.250. The molecular formula is C35H36O6. The van der Waals surface area contributed by atoms with E-state index in [0.29, 0.717) is 6.61 Å². The molecule has 0 aromatic heterocycles. The van der Waals surface area contributed by atoms with E-state index in [1.807, 2.05) is 98.8 Å². The van der Waals surface area contributed by atoms with Crippen molar-refractivity contribution in [3.05, 3.63) is 144 Å². The summed E-state index contributed by atoms with van der Waals surface area (Å²) in [6.07, 6.45) is -3.40. The molecule has 0 bridgehead atoms. The molecule has 2 aliphatic heterocycles. The second-order valence-electron chi connectivity index (χ2n) is 11.0. The molecule has 0 saturated carbocycles. The molecule has 0 spiro atoms. The molecule has 5 atom stereocenters. The molecule has 6 heteroatoms. The van der Waals surface area contributed by atoms with E-state index in [1.165, 1.54) is 0 Å². The van der Waals surface area contributed by atoms with E-state index in [-0.39, 0.29) is 6.61 Å². The van der Waals surface area contributed by atoms with Crippen molar-refractivity contribution in [1.29, 1.82) is 0 Å². The smallest absolute Gasteiger partial charge is 0.187 e. The minimum absolute atomic E-state index is 0.0121. The van der Waals surface area contributed by atoms with Gasteiger partial charge in [0, 0.05) is 0 Å². The van der Waals surface area contributed by atoms with Crippen LogP contribution in [0.15, 0.2) is 121 Å². The van der Waals surface area contributed by atoms with Gasteiger partial charge in [-0.1, -0.05) is 121 Å². The van der Waals surface area contributed by atoms with Crippen LogP contribution in [0.5, 0.6) is 0 Å². The van der Waals surface area contributed by atoms with Crippen LogP contribution < -0.4 is 0 Å². The van der Waals surface area contributed by atoms with Crippen LogP contribution in [0.2, 0.25) is 0 Å². The standard InChI is InChI=1S/C35H36O6/c1-34(2)40-31-30(39-33(32(31)41-34)37-23-25-15-7-3-8-16-25)29(36)24-38-35(26-17-9-4-10-18-26,27-19-11-5-12-20-27)28-21-13-6-14-22-28/h3-22,29-33,36H,23-24H2,1-2H3/t29-,30-,31-,32-,33+/m1/s1. The highest BCUT2D eigenvalue weighted by Crippen LogP contribution is 2.43. The maximum atomic E-state index is 11.6. The van der Waals surface area contributed by atoms with E-state index in [1.54, 1.807) is 0 Å².